The molecule has 0 aliphatic carbocycles. The number of rotatable bonds is 6. The third kappa shape index (κ3) is 3.94. The molecule has 0 aliphatic rings. The van der Waals surface area contributed by atoms with Gasteiger partial charge < -0.3 is 10.2 Å². The smallest absolute Gasteiger partial charge is 0.244 e. The Kier molecular flexibility index (Phi) is 5.52. The fraction of sp³-hybridized carbons (Fsp3) is 0.462. The third-order valence-corrected chi connectivity index (χ3v) is 4.47. The van der Waals surface area contributed by atoms with E-state index in [4.69, 9.17) is 0 Å². The van der Waals surface area contributed by atoms with Crippen molar-refractivity contribution in [2.75, 3.05) is 26.0 Å². The summed E-state index contributed by atoms with van der Waals surface area (Å²) in [5, 5.41) is 3.05. The van der Waals surface area contributed by atoms with E-state index in [9.17, 15) is 13.2 Å². The molecule has 0 radical (unpaired) electrons. The molecule has 1 amide bonds. The third-order valence-electron chi connectivity index (χ3n) is 3.04. The quantitative estimate of drug-likeness (QED) is 0.817. The maximum atomic E-state index is 11.9. The van der Waals surface area contributed by atoms with Crippen molar-refractivity contribution < 1.29 is 13.2 Å². The van der Waals surface area contributed by atoms with Crippen LogP contribution in [0.4, 0.5) is 5.69 Å². The van der Waals surface area contributed by atoms with Crippen molar-refractivity contribution in [2.45, 2.75) is 24.8 Å². The van der Waals surface area contributed by atoms with Crippen LogP contribution in [0.1, 0.15) is 13.8 Å². The topological polar surface area (TPSA) is 78.5 Å². The molecule has 1 unspecified atom stereocenters. The number of nitrogens with one attached hydrogen (secondary N) is 2. The number of amides is 1. The molecule has 0 bridgehead atoms. The van der Waals surface area contributed by atoms with Gasteiger partial charge in [0.05, 0.1) is 4.90 Å². The summed E-state index contributed by atoms with van der Waals surface area (Å²) in [7, 11) is -0.327. The van der Waals surface area contributed by atoms with Gasteiger partial charge in [0.25, 0.3) is 0 Å². The number of hydrogen-bond acceptors (Lipinski definition) is 4. The number of carbonyl (C=O) groups excluding carboxylic acids is 1. The predicted molar refractivity (Wildman–Crippen MR) is 79.1 cm³/mol. The summed E-state index contributed by atoms with van der Waals surface area (Å²) in [6.45, 7) is 4.32. The molecule has 0 saturated carbocycles. The molecule has 2 N–H and O–H groups in total. The van der Waals surface area contributed by atoms with E-state index in [1.165, 1.54) is 19.2 Å². The second kappa shape index (κ2) is 6.71. The van der Waals surface area contributed by atoms with Crippen molar-refractivity contribution in [3.63, 3.8) is 0 Å². The highest BCUT2D eigenvalue weighted by atomic mass is 32.2. The summed E-state index contributed by atoms with van der Waals surface area (Å²) in [5.74, 6) is -0.0144. The largest absolute Gasteiger partial charge is 0.374 e. The van der Waals surface area contributed by atoms with Gasteiger partial charge in [-0.2, -0.15) is 0 Å². The molecule has 0 fully saturated rings. The van der Waals surface area contributed by atoms with Crippen LogP contribution >= 0.6 is 0 Å². The average Bonchev–Trinajstić information content (AvgIpc) is 2.46. The van der Waals surface area contributed by atoms with Crippen LogP contribution in [0.25, 0.3) is 0 Å². The second-order valence-corrected chi connectivity index (χ2v) is 6.34. The number of benzene rings is 1. The molecule has 6 nitrogen and oxygen atoms in total. The van der Waals surface area contributed by atoms with E-state index in [-0.39, 0.29) is 16.8 Å². The lowest BCUT2D eigenvalue weighted by Crippen LogP contribution is -2.38. The highest BCUT2D eigenvalue weighted by molar-refractivity contribution is 7.89. The minimum absolute atomic E-state index is 0.0144. The molecule has 1 aromatic carbocycles. The Labute approximate surface area is 120 Å². The van der Waals surface area contributed by atoms with E-state index >= 15 is 0 Å². The first kappa shape index (κ1) is 16.5. The SMILES string of the molecule is CCN(C)C(=O)C(C)Nc1ccc(S(=O)(=O)NC)cc1. The van der Waals surface area contributed by atoms with Crippen molar-refractivity contribution in [3.8, 4) is 0 Å². The summed E-state index contributed by atoms with van der Waals surface area (Å²) in [5.41, 5.74) is 0.699. The predicted octanol–water partition coefficient (Wildman–Crippen LogP) is 0.873. The zero-order chi connectivity index (χ0) is 15.3. The van der Waals surface area contributed by atoms with E-state index in [2.05, 4.69) is 10.0 Å². The molecular weight excluding hydrogens is 278 g/mol. The number of nitrogens with zero attached hydrogens (tertiary/aromatic N) is 1. The highest BCUT2D eigenvalue weighted by Crippen LogP contribution is 2.14. The average molecular weight is 299 g/mol. The zero-order valence-electron chi connectivity index (χ0n) is 12.2. The molecule has 0 saturated heterocycles. The van der Waals surface area contributed by atoms with E-state index in [1.807, 2.05) is 6.92 Å². The summed E-state index contributed by atoms with van der Waals surface area (Å²) in [6.07, 6.45) is 0. The van der Waals surface area contributed by atoms with Crippen LogP contribution in [-0.2, 0) is 14.8 Å². The van der Waals surface area contributed by atoms with Crippen molar-refractivity contribution in [3.05, 3.63) is 24.3 Å². The van der Waals surface area contributed by atoms with E-state index in [0.717, 1.165) is 0 Å². The molecular formula is C13H21N3O3S. The molecule has 0 heterocycles. The van der Waals surface area contributed by atoms with Crippen LogP contribution in [0.5, 0.6) is 0 Å². The Bertz CT molecular complexity index is 555. The minimum Gasteiger partial charge on any atom is -0.374 e. The fourth-order valence-electron chi connectivity index (χ4n) is 1.65. The Balaban J connectivity index is 2.78. The summed E-state index contributed by atoms with van der Waals surface area (Å²) < 4.78 is 25.4. The molecule has 112 valence electrons. The molecule has 1 atom stereocenters. The Morgan fingerprint density at radius 3 is 2.30 bits per heavy atom. The lowest BCUT2D eigenvalue weighted by Gasteiger charge is -2.21. The second-order valence-electron chi connectivity index (χ2n) is 4.45. The maximum Gasteiger partial charge on any atom is 0.244 e. The molecule has 20 heavy (non-hydrogen) atoms. The lowest BCUT2D eigenvalue weighted by atomic mass is 10.2. The minimum atomic E-state index is -3.43. The Morgan fingerprint density at radius 2 is 1.85 bits per heavy atom. The number of sulfonamides is 1. The van der Waals surface area contributed by atoms with Crippen LogP contribution in [-0.4, -0.2) is 45.9 Å². The zero-order valence-corrected chi connectivity index (χ0v) is 13.0. The van der Waals surface area contributed by atoms with Gasteiger partial charge in [-0.05, 0) is 45.2 Å². The molecule has 0 aliphatic heterocycles. The molecule has 1 aromatic rings. The van der Waals surface area contributed by atoms with E-state index in [0.29, 0.717) is 12.2 Å². The number of hydrogen-bond donors (Lipinski definition) is 2. The lowest BCUT2D eigenvalue weighted by molar-refractivity contribution is -0.130. The number of anilines is 1. The molecule has 0 aromatic heterocycles. The molecule has 7 heteroatoms. The number of carbonyl (C=O) groups is 1. The van der Waals surface area contributed by atoms with Crippen molar-refractivity contribution in [1.82, 2.24) is 9.62 Å². The standard InChI is InChI=1S/C13H21N3O3S/c1-5-16(4)13(17)10(2)15-11-6-8-12(9-7-11)20(18,19)14-3/h6-10,14-15H,5H2,1-4H3. The first-order valence-corrected chi connectivity index (χ1v) is 7.85. The van der Waals surface area contributed by atoms with Crippen molar-refractivity contribution in [1.29, 1.82) is 0 Å². The van der Waals surface area contributed by atoms with Gasteiger partial charge in [0, 0.05) is 19.3 Å². The first-order valence-electron chi connectivity index (χ1n) is 6.37. The van der Waals surface area contributed by atoms with Gasteiger partial charge in [-0.1, -0.05) is 0 Å². The van der Waals surface area contributed by atoms with Crippen LogP contribution in [0.15, 0.2) is 29.2 Å². The van der Waals surface area contributed by atoms with Gasteiger partial charge in [0.1, 0.15) is 6.04 Å². The summed E-state index contributed by atoms with van der Waals surface area (Å²) >= 11 is 0. The van der Waals surface area contributed by atoms with Crippen molar-refractivity contribution in [2.24, 2.45) is 0 Å². The van der Waals surface area contributed by atoms with Gasteiger partial charge in [-0.15, -0.1) is 0 Å². The van der Waals surface area contributed by atoms with Gasteiger partial charge in [-0.25, -0.2) is 13.1 Å². The number of likely N-dealkylation sites (N-methyl/N-ethyl adjacent to an activating group) is 1. The first-order chi connectivity index (χ1) is 9.31. The van der Waals surface area contributed by atoms with Crippen molar-refractivity contribution >= 4 is 21.6 Å². The van der Waals surface area contributed by atoms with E-state index < -0.39 is 10.0 Å². The molecule has 0 spiro atoms. The normalized spacial score (nSPS) is 12.8. The van der Waals surface area contributed by atoms with Crippen LogP contribution in [0, 0.1) is 0 Å². The maximum absolute atomic E-state index is 11.9. The Hall–Kier alpha value is -1.60. The van der Waals surface area contributed by atoms with Crippen LogP contribution in [0.2, 0.25) is 0 Å². The fourth-order valence-corrected chi connectivity index (χ4v) is 2.38. The summed E-state index contributed by atoms with van der Waals surface area (Å²) in [4.78, 5) is 13.7. The van der Waals surface area contributed by atoms with E-state index in [1.54, 1.807) is 31.0 Å². The Morgan fingerprint density at radius 1 is 1.30 bits per heavy atom. The summed E-state index contributed by atoms with van der Waals surface area (Å²) in [6, 6.07) is 5.90. The van der Waals surface area contributed by atoms with Crippen LogP contribution < -0.4 is 10.0 Å². The monoisotopic (exact) mass is 299 g/mol. The van der Waals surface area contributed by atoms with Gasteiger partial charge >= 0.3 is 0 Å². The van der Waals surface area contributed by atoms with Gasteiger partial charge in [-0.3, -0.25) is 4.79 Å². The molecule has 1 rings (SSSR count). The van der Waals surface area contributed by atoms with Gasteiger partial charge in [0.15, 0.2) is 0 Å². The highest BCUT2D eigenvalue weighted by Gasteiger charge is 2.16. The van der Waals surface area contributed by atoms with Gasteiger partial charge in [0.2, 0.25) is 15.9 Å². The van der Waals surface area contributed by atoms with Crippen LogP contribution in [0.3, 0.4) is 0 Å².